The number of aliphatic carboxylic acids is 1. The number of hydroxylamine groups is 1. The summed E-state index contributed by atoms with van der Waals surface area (Å²) >= 11 is 0.944. The molecule has 246 valence electrons. The van der Waals surface area contributed by atoms with Gasteiger partial charge in [-0.2, -0.15) is 18.2 Å². The Hall–Kier alpha value is -4.21. The number of carbonyl (C=O) groups is 3. The molecular weight excluding hydrogens is 636 g/mol. The Labute approximate surface area is 262 Å². The third-order valence-electron chi connectivity index (χ3n) is 6.28. The van der Waals surface area contributed by atoms with Crippen LogP contribution >= 0.6 is 11.3 Å². The Morgan fingerprint density at radius 2 is 2.02 bits per heavy atom. The molecule has 2 heterocycles. The summed E-state index contributed by atoms with van der Waals surface area (Å²) in [5.74, 6) is -1.87. The normalized spacial score (nSPS) is 17.6. The molecule has 0 bridgehead atoms. The van der Waals surface area contributed by atoms with Gasteiger partial charge in [-0.3, -0.25) is 14.3 Å². The van der Waals surface area contributed by atoms with Crippen LogP contribution in [0.3, 0.4) is 0 Å². The molecule has 0 spiro atoms. The molecule has 1 aromatic carbocycles. The van der Waals surface area contributed by atoms with E-state index in [-0.39, 0.29) is 23.2 Å². The second kappa shape index (κ2) is 15.7. The maximum absolute atomic E-state index is 13.1. The van der Waals surface area contributed by atoms with Gasteiger partial charge in [0.2, 0.25) is 0 Å². The predicted octanol–water partition coefficient (Wildman–Crippen LogP) is -0.778. The SMILES string of the molecule is CC(C)(NOS(=O)(=O)O)[C@@H](C=O)NC(=O)/C(=N\O[C@@H](COc1ccc(C(N)=N[C@@H]2CCCNC2)cc1)C(=O)O)c1csc(N)n1. The molecule has 2 aromatic rings. The number of carboxylic acids is 1. The number of nitrogen functional groups attached to an aromatic ring is 1. The van der Waals surface area contributed by atoms with E-state index in [1.165, 1.54) is 19.2 Å². The van der Waals surface area contributed by atoms with Gasteiger partial charge in [-0.1, -0.05) is 5.16 Å². The molecule has 3 atom stereocenters. The van der Waals surface area contributed by atoms with Crippen molar-refractivity contribution < 1.29 is 46.3 Å². The minimum Gasteiger partial charge on any atom is -0.489 e. The van der Waals surface area contributed by atoms with Crippen LogP contribution in [0.5, 0.6) is 5.75 Å². The highest BCUT2D eigenvalue weighted by molar-refractivity contribution is 7.80. The highest BCUT2D eigenvalue weighted by atomic mass is 32.3. The molecule has 1 aromatic heterocycles. The van der Waals surface area contributed by atoms with Gasteiger partial charge in [0.1, 0.15) is 36.2 Å². The number of nitrogens with zero attached hydrogens (tertiary/aromatic N) is 3. The smallest absolute Gasteiger partial charge is 0.413 e. The van der Waals surface area contributed by atoms with Crippen molar-refractivity contribution in [3.8, 4) is 5.75 Å². The maximum Gasteiger partial charge on any atom is 0.413 e. The largest absolute Gasteiger partial charge is 0.489 e. The van der Waals surface area contributed by atoms with Gasteiger partial charge in [0, 0.05) is 17.5 Å². The van der Waals surface area contributed by atoms with Crippen LogP contribution in [0.4, 0.5) is 5.13 Å². The second-order valence-corrected chi connectivity index (χ2v) is 12.1. The summed E-state index contributed by atoms with van der Waals surface area (Å²) in [5.41, 5.74) is 12.2. The van der Waals surface area contributed by atoms with Crippen LogP contribution in [0, 0.1) is 0 Å². The number of aldehydes is 1. The van der Waals surface area contributed by atoms with Crippen LogP contribution in [0.2, 0.25) is 0 Å². The van der Waals surface area contributed by atoms with Crippen molar-refractivity contribution in [2.75, 3.05) is 25.4 Å². The van der Waals surface area contributed by atoms with Crippen molar-refractivity contribution in [1.82, 2.24) is 21.1 Å². The Morgan fingerprint density at radius 1 is 1.31 bits per heavy atom. The van der Waals surface area contributed by atoms with E-state index in [1.54, 1.807) is 24.3 Å². The Bertz CT molecular complexity index is 1510. The Kier molecular flexibility index (Phi) is 12.3. The van der Waals surface area contributed by atoms with Crippen LogP contribution < -0.4 is 32.3 Å². The first kappa shape index (κ1) is 35.3. The molecule has 20 heteroatoms. The van der Waals surface area contributed by atoms with Crippen molar-refractivity contribution in [2.45, 2.75) is 50.4 Å². The Balaban J connectivity index is 1.71. The number of aromatic nitrogens is 1. The zero-order valence-corrected chi connectivity index (χ0v) is 25.8. The number of rotatable bonds is 16. The number of carboxylic acid groups (broad SMARTS) is 1. The van der Waals surface area contributed by atoms with E-state index in [2.05, 4.69) is 30.0 Å². The number of benzene rings is 1. The molecular formula is C25H34N8O10S2. The number of carbonyl (C=O) groups excluding carboxylic acids is 2. The lowest BCUT2D eigenvalue weighted by Crippen LogP contribution is -2.59. The fourth-order valence-electron chi connectivity index (χ4n) is 3.79. The average Bonchev–Trinajstić information content (AvgIpc) is 3.42. The number of ether oxygens (including phenoxy) is 1. The lowest BCUT2D eigenvalue weighted by atomic mass is 9.96. The van der Waals surface area contributed by atoms with E-state index in [0.29, 0.717) is 17.1 Å². The van der Waals surface area contributed by atoms with E-state index in [4.69, 9.17) is 25.6 Å². The van der Waals surface area contributed by atoms with E-state index < -0.39 is 52.3 Å². The molecule has 1 aliphatic heterocycles. The summed E-state index contributed by atoms with van der Waals surface area (Å²) in [4.78, 5) is 50.5. The van der Waals surface area contributed by atoms with Crippen LogP contribution in [0.1, 0.15) is 37.9 Å². The number of aliphatic imine (C=N–C) groups is 1. The predicted molar refractivity (Wildman–Crippen MR) is 162 cm³/mol. The monoisotopic (exact) mass is 670 g/mol. The van der Waals surface area contributed by atoms with Gasteiger partial charge in [-0.25, -0.2) is 9.78 Å². The first-order valence-corrected chi connectivity index (χ1v) is 15.6. The number of nitrogens with two attached hydrogens (primary N) is 2. The van der Waals surface area contributed by atoms with Gasteiger partial charge < -0.3 is 41.6 Å². The van der Waals surface area contributed by atoms with E-state index in [9.17, 15) is 27.9 Å². The molecule has 0 radical (unpaired) electrons. The fourth-order valence-corrected chi connectivity index (χ4v) is 4.66. The van der Waals surface area contributed by atoms with Gasteiger partial charge >= 0.3 is 16.4 Å². The first-order chi connectivity index (χ1) is 21.2. The number of piperidine rings is 1. The number of amides is 1. The summed E-state index contributed by atoms with van der Waals surface area (Å²) in [7, 11) is -4.93. The molecule has 0 unspecified atom stereocenters. The molecule has 0 aliphatic carbocycles. The third kappa shape index (κ3) is 11.0. The molecule has 18 nitrogen and oxygen atoms in total. The van der Waals surface area contributed by atoms with Crippen molar-refractivity contribution in [1.29, 1.82) is 0 Å². The van der Waals surface area contributed by atoms with Crippen molar-refractivity contribution in [2.24, 2.45) is 15.9 Å². The summed E-state index contributed by atoms with van der Waals surface area (Å²) in [6, 6.07) is 5.13. The van der Waals surface area contributed by atoms with E-state index in [1.807, 2.05) is 5.48 Å². The molecule has 9 N–H and O–H groups in total. The topological polar surface area (TPSA) is 279 Å². The average molecular weight is 671 g/mol. The third-order valence-corrected chi connectivity index (χ3v) is 7.25. The standard InChI is InChI=1S/C25H34N8O10S2/c1-25(2,33-43-45(38,39)40)19(11-34)31-22(35)20(17-13-44-24(27)30-17)32-42-18(23(36)37)12-41-16-7-5-14(6-8-16)21(26)29-15-4-3-9-28-10-15/h5-8,11,13,15,18-19,28,33H,3-4,9-10,12H2,1-2H3,(H2,26,29)(H2,27,30)(H,31,35)(H,36,37)(H,38,39,40)/b32-20-/t15-,18+,19-/m1/s1. The number of hydrogen-bond acceptors (Lipinski definition) is 15. The summed E-state index contributed by atoms with van der Waals surface area (Å²) in [6.45, 7) is 3.74. The highest BCUT2D eigenvalue weighted by Gasteiger charge is 2.34. The summed E-state index contributed by atoms with van der Waals surface area (Å²) < 4.78 is 40.4. The zero-order chi connectivity index (χ0) is 33.2. The van der Waals surface area contributed by atoms with Crippen LogP contribution in [0.15, 0.2) is 39.8 Å². The number of anilines is 1. The summed E-state index contributed by atoms with van der Waals surface area (Å²) in [6.07, 6.45) is 0.514. The van der Waals surface area contributed by atoms with E-state index >= 15 is 0 Å². The highest BCUT2D eigenvalue weighted by Crippen LogP contribution is 2.16. The van der Waals surface area contributed by atoms with Crippen LogP contribution in [-0.2, 0) is 33.9 Å². The first-order valence-electron chi connectivity index (χ1n) is 13.3. The molecule has 1 fully saturated rings. The number of oxime groups is 1. The molecule has 45 heavy (non-hydrogen) atoms. The quantitative estimate of drug-likeness (QED) is 0.0379. The van der Waals surface area contributed by atoms with Gasteiger partial charge in [-0.15, -0.1) is 11.3 Å². The molecule has 1 amide bonds. The van der Waals surface area contributed by atoms with Gasteiger partial charge in [0.15, 0.2) is 10.8 Å². The van der Waals surface area contributed by atoms with Gasteiger partial charge in [-0.05, 0) is 57.5 Å². The molecule has 1 aliphatic rings. The summed E-state index contributed by atoms with van der Waals surface area (Å²) in [5, 5.41) is 20.3. The van der Waals surface area contributed by atoms with Crippen LogP contribution in [-0.4, -0.2) is 96.2 Å². The fraction of sp³-hybridized carbons (Fsp3) is 0.440. The van der Waals surface area contributed by atoms with Gasteiger partial charge in [0.25, 0.3) is 12.0 Å². The molecule has 1 saturated heterocycles. The number of thiazole rings is 1. The van der Waals surface area contributed by atoms with Crippen molar-refractivity contribution in [3.05, 3.63) is 40.9 Å². The number of amidine groups is 1. The van der Waals surface area contributed by atoms with Crippen molar-refractivity contribution in [3.63, 3.8) is 0 Å². The van der Waals surface area contributed by atoms with Crippen molar-refractivity contribution >= 4 is 56.6 Å². The maximum atomic E-state index is 13.1. The minimum atomic E-state index is -4.93. The lowest BCUT2D eigenvalue weighted by molar-refractivity contribution is -0.152. The van der Waals surface area contributed by atoms with Crippen LogP contribution in [0.25, 0.3) is 0 Å². The number of nitrogens with one attached hydrogen (secondary N) is 3. The zero-order valence-electron chi connectivity index (χ0n) is 24.2. The minimum absolute atomic E-state index is 0.0450. The Morgan fingerprint density at radius 3 is 2.58 bits per heavy atom. The second-order valence-electron chi connectivity index (χ2n) is 10.2. The number of hydrogen-bond donors (Lipinski definition) is 7. The molecule has 3 rings (SSSR count). The van der Waals surface area contributed by atoms with Gasteiger partial charge in [0.05, 0.1) is 11.6 Å². The lowest BCUT2D eigenvalue weighted by Gasteiger charge is -2.30. The molecule has 0 saturated carbocycles. The van der Waals surface area contributed by atoms with E-state index in [0.717, 1.165) is 37.3 Å².